The molecule has 3 aromatic rings. The molecule has 1 amide bonds. The van der Waals surface area contributed by atoms with Crippen molar-refractivity contribution in [2.45, 2.75) is 6.61 Å². The number of halogens is 1. The zero-order valence-corrected chi connectivity index (χ0v) is 16.4. The van der Waals surface area contributed by atoms with Crippen LogP contribution in [0.4, 0.5) is 0 Å². The number of hydrogen-bond acceptors (Lipinski definition) is 7. The highest BCUT2D eigenvalue weighted by molar-refractivity contribution is 9.10. The van der Waals surface area contributed by atoms with Gasteiger partial charge in [-0.15, -0.1) is 0 Å². The average molecular weight is 446 g/mol. The summed E-state index contributed by atoms with van der Waals surface area (Å²) >= 11 is 3.29. The van der Waals surface area contributed by atoms with Crippen molar-refractivity contribution < 1.29 is 23.6 Å². The number of esters is 1. The standard InChI is InChI=1S/C19H16BrN3O5/c1-26-15-8-4-12(5-9-15)18-22-16(28-23-18)11-27-17(24)10-21-19(25)13-2-6-14(20)7-3-13/h2-9H,10-11H2,1H3,(H,21,25). The Hall–Kier alpha value is -3.20. The maximum atomic E-state index is 12.0. The SMILES string of the molecule is COc1ccc(-c2noc(COC(=O)CNC(=O)c3ccc(Br)cc3)n2)cc1. The smallest absolute Gasteiger partial charge is 0.325 e. The maximum absolute atomic E-state index is 12.0. The van der Waals surface area contributed by atoms with Crippen molar-refractivity contribution in [1.82, 2.24) is 15.5 Å². The predicted molar refractivity (Wildman–Crippen MR) is 103 cm³/mol. The van der Waals surface area contributed by atoms with Gasteiger partial charge in [0.2, 0.25) is 5.82 Å². The van der Waals surface area contributed by atoms with E-state index in [4.69, 9.17) is 14.0 Å². The van der Waals surface area contributed by atoms with Gasteiger partial charge in [0.15, 0.2) is 6.61 Å². The van der Waals surface area contributed by atoms with Crippen LogP contribution in [0.2, 0.25) is 0 Å². The first-order valence-corrected chi connectivity index (χ1v) is 9.01. The van der Waals surface area contributed by atoms with Gasteiger partial charge in [-0.05, 0) is 48.5 Å². The van der Waals surface area contributed by atoms with Crippen LogP contribution in [0.1, 0.15) is 16.2 Å². The molecule has 28 heavy (non-hydrogen) atoms. The number of methoxy groups -OCH3 is 1. The van der Waals surface area contributed by atoms with Crippen molar-refractivity contribution in [3.8, 4) is 17.1 Å². The molecule has 0 saturated heterocycles. The van der Waals surface area contributed by atoms with E-state index in [1.54, 1.807) is 55.6 Å². The Morgan fingerprint density at radius 3 is 2.50 bits per heavy atom. The quantitative estimate of drug-likeness (QED) is 0.557. The second kappa shape index (κ2) is 9.14. The molecule has 0 unspecified atom stereocenters. The molecule has 0 saturated carbocycles. The van der Waals surface area contributed by atoms with Gasteiger partial charge in [-0.25, -0.2) is 0 Å². The molecule has 0 aliphatic carbocycles. The highest BCUT2D eigenvalue weighted by Crippen LogP contribution is 2.19. The van der Waals surface area contributed by atoms with E-state index in [9.17, 15) is 9.59 Å². The Balaban J connectivity index is 1.47. The van der Waals surface area contributed by atoms with E-state index in [0.29, 0.717) is 17.1 Å². The first kappa shape index (κ1) is 19.6. The number of benzene rings is 2. The fourth-order valence-corrected chi connectivity index (χ4v) is 2.48. The molecular weight excluding hydrogens is 430 g/mol. The summed E-state index contributed by atoms with van der Waals surface area (Å²) in [7, 11) is 1.58. The second-order valence-electron chi connectivity index (χ2n) is 5.59. The van der Waals surface area contributed by atoms with Gasteiger partial charge in [0.25, 0.3) is 11.8 Å². The van der Waals surface area contributed by atoms with Crippen LogP contribution in [0, 0.1) is 0 Å². The van der Waals surface area contributed by atoms with Crippen LogP contribution in [0.5, 0.6) is 5.75 Å². The number of carbonyl (C=O) groups is 2. The van der Waals surface area contributed by atoms with Crippen LogP contribution < -0.4 is 10.1 Å². The topological polar surface area (TPSA) is 104 Å². The third-order valence-corrected chi connectivity index (χ3v) is 4.20. The van der Waals surface area contributed by atoms with Gasteiger partial charge in [0.05, 0.1) is 7.11 Å². The van der Waals surface area contributed by atoms with E-state index in [-0.39, 0.29) is 24.9 Å². The monoisotopic (exact) mass is 445 g/mol. The van der Waals surface area contributed by atoms with Crippen LogP contribution >= 0.6 is 15.9 Å². The van der Waals surface area contributed by atoms with E-state index in [0.717, 1.165) is 10.0 Å². The van der Waals surface area contributed by atoms with E-state index in [1.807, 2.05) is 0 Å². The van der Waals surface area contributed by atoms with Gasteiger partial charge in [-0.3, -0.25) is 9.59 Å². The third-order valence-electron chi connectivity index (χ3n) is 3.67. The second-order valence-corrected chi connectivity index (χ2v) is 6.51. The van der Waals surface area contributed by atoms with Crippen LogP contribution in [-0.4, -0.2) is 35.7 Å². The van der Waals surface area contributed by atoms with Crippen molar-refractivity contribution in [2.75, 3.05) is 13.7 Å². The van der Waals surface area contributed by atoms with Crippen LogP contribution in [0.25, 0.3) is 11.4 Å². The number of aromatic nitrogens is 2. The molecule has 0 spiro atoms. The Kier molecular flexibility index (Phi) is 6.38. The summed E-state index contributed by atoms with van der Waals surface area (Å²) in [6.07, 6.45) is 0. The molecular formula is C19H16BrN3O5. The number of nitrogens with one attached hydrogen (secondary N) is 1. The van der Waals surface area contributed by atoms with E-state index >= 15 is 0 Å². The third kappa shape index (κ3) is 5.17. The fourth-order valence-electron chi connectivity index (χ4n) is 2.22. The Bertz CT molecular complexity index is 954. The number of hydrogen-bond donors (Lipinski definition) is 1. The number of nitrogens with zero attached hydrogens (tertiary/aromatic N) is 2. The summed E-state index contributed by atoms with van der Waals surface area (Å²) in [6.45, 7) is -0.454. The highest BCUT2D eigenvalue weighted by atomic mass is 79.9. The number of carbonyl (C=O) groups excluding carboxylic acids is 2. The molecule has 0 bridgehead atoms. The molecule has 2 aromatic carbocycles. The molecule has 8 nitrogen and oxygen atoms in total. The molecule has 0 aliphatic heterocycles. The van der Waals surface area contributed by atoms with Crippen LogP contribution in [-0.2, 0) is 16.1 Å². The Morgan fingerprint density at radius 1 is 1.11 bits per heavy atom. The predicted octanol–water partition coefficient (Wildman–Crippen LogP) is 2.98. The summed E-state index contributed by atoms with van der Waals surface area (Å²) in [5.41, 5.74) is 1.18. The Labute approximate surface area is 169 Å². The highest BCUT2D eigenvalue weighted by Gasteiger charge is 2.13. The lowest BCUT2D eigenvalue weighted by atomic mass is 10.2. The van der Waals surface area contributed by atoms with Crippen molar-refractivity contribution >= 4 is 27.8 Å². The van der Waals surface area contributed by atoms with Crippen molar-refractivity contribution in [3.05, 3.63) is 64.5 Å². The minimum absolute atomic E-state index is 0.151. The van der Waals surface area contributed by atoms with Gasteiger partial charge < -0.3 is 19.3 Å². The minimum Gasteiger partial charge on any atom is -0.497 e. The zero-order valence-electron chi connectivity index (χ0n) is 14.8. The van der Waals surface area contributed by atoms with Crippen LogP contribution in [0.15, 0.2) is 57.5 Å². The van der Waals surface area contributed by atoms with E-state index < -0.39 is 5.97 Å². The average Bonchev–Trinajstić information content (AvgIpc) is 3.20. The first-order chi connectivity index (χ1) is 13.5. The van der Waals surface area contributed by atoms with Crippen molar-refractivity contribution in [3.63, 3.8) is 0 Å². The summed E-state index contributed by atoms with van der Waals surface area (Å²) in [5, 5.41) is 6.34. The molecule has 144 valence electrons. The molecule has 0 aliphatic rings. The summed E-state index contributed by atoms with van der Waals surface area (Å²) in [4.78, 5) is 27.9. The molecule has 0 radical (unpaired) electrons. The normalized spacial score (nSPS) is 10.4. The van der Waals surface area contributed by atoms with Gasteiger partial charge in [-0.1, -0.05) is 21.1 Å². The number of rotatable bonds is 7. The maximum Gasteiger partial charge on any atom is 0.325 e. The number of amides is 1. The fraction of sp³-hybridized carbons (Fsp3) is 0.158. The Morgan fingerprint density at radius 2 is 1.82 bits per heavy atom. The summed E-state index contributed by atoms with van der Waals surface area (Å²) in [6, 6.07) is 13.9. The summed E-state index contributed by atoms with van der Waals surface area (Å²) < 4.78 is 16.1. The molecule has 0 atom stereocenters. The van der Waals surface area contributed by atoms with Gasteiger partial charge in [-0.2, -0.15) is 4.98 Å². The van der Waals surface area contributed by atoms with Crippen molar-refractivity contribution in [2.24, 2.45) is 0 Å². The lowest BCUT2D eigenvalue weighted by Crippen LogP contribution is -2.30. The molecule has 1 aromatic heterocycles. The van der Waals surface area contributed by atoms with Gasteiger partial charge >= 0.3 is 5.97 Å². The van der Waals surface area contributed by atoms with Gasteiger partial charge in [0.1, 0.15) is 12.3 Å². The lowest BCUT2D eigenvalue weighted by molar-refractivity contribution is -0.144. The molecule has 0 fully saturated rings. The van der Waals surface area contributed by atoms with Gasteiger partial charge in [0, 0.05) is 15.6 Å². The zero-order chi connectivity index (χ0) is 19.9. The number of ether oxygens (including phenoxy) is 2. The molecule has 1 N–H and O–H groups in total. The summed E-state index contributed by atoms with van der Waals surface area (Å²) in [5.74, 6) is 0.251. The van der Waals surface area contributed by atoms with E-state index in [2.05, 4.69) is 31.4 Å². The lowest BCUT2D eigenvalue weighted by Gasteiger charge is -2.05. The minimum atomic E-state index is -0.616. The molecule has 9 heteroatoms. The molecule has 3 rings (SSSR count). The van der Waals surface area contributed by atoms with Crippen molar-refractivity contribution in [1.29, 1.82) is 0 Å². The first-order valence-electron chi connectivity index (χ1n) is 8.21. The largest absolute Gasteiger partial charge is 0.497 e. The van der Waals surface area contributed by atoms with Crippen LogP contribution in [0.3, 0.4) is 0 Å². The van der Waals surface area contributed by atoms with E-state index in [1.165, 1.54) is 0 Å². The molecule has 1 heterocycles.